The number of H-pyrrole nitrogens is 1. The van der Waals surface area contributed by atoms with E-state index in [1.54, 1.807) is 12.3 Å². The van der Waals surface area contributed by atoms with E-state index < -0.39 is 5.91 Å². The lowest BCUT2D eigenvalue weighted by atomic mass is 10.3. The Morgan fingerprint density at radius 1 is 1.29 bits per heavy atom. The van der Waals surface area contributed by atoms with Crippen LogP contribution < -0.4 is 10.9 Å². The van der Waals surface area contributed by atoms with Crippen molar-refractivity contribution in [3.05, 3.63) is 56.1 Å². The van der Waals surface area contributed by atoms with Gasteiger partial charge < -0.3 is 10.3 Å². The Morgan fingerprint density at radius 2 is 2.12 bits per heavy atom. The number of pyridine rings is 2. The van der Waals surface area contributed by atoms with Crippen molar-refractivity contribution in [3.63, 3.8) is 0 Å². The zero-order chi connectivity index (χ0) is 12.3. The number of anilines is 1. The van der Waals surface area contributed by atoms with Crippen LogP contribution in [-0.2, 0) is 0 Å². The van der Waals surface area contributed by atoms with Crippen LogP contribution in [0.2, 0.25) is 0 Å². The Hall–Kier alpha value is -1.70. The highest BCUT2D eigenvalue weighted by atomic mass is 127. The van der Waals surface area contributed by atoms with Gasteiger partial charge in [0.05, 0.1) is 0 Å². The first-order valence-corrected chi connectivity index (χ1v) is 5.85. The topological polar surface area (TPSA) is 74.8 Å². The van der Waals surface area contributed by atoms with Gasteiger partial charge in [-0.15, -0.1) is 0 Å². The Bertz CT molecular complexity index is 592. The van der Waals surface area contributed by atoms with E-state index in [0.717, 1.165) is 3.57 Å². The van der Waals surface area contributed by atoms with Crippen molar-refractivity contribution in [1.29, 1.82) is 0 Å². The van der Waals surface area contributed by atoms with Crippen LogP contribution in [0, 0.1) is 3.57 Å². The molecule has 1 amide bonds. The number of carbonyl (C=O) groups excluding carboxylic acids is 1. The average Bonchev–Trinajstić information content (AvgIpc) is 2.32. The fraction of sp³-hybridized carbons (Fsp3) is 0. The van der Waals surface area contributed by atoms with Gasteiger partial charge in [-0.25, -0.2) is 4.98 Å². The Kier molecular flexibility index (Phi) is 3.52. The number of aromatic amines is 1. The molecule has 2 heterocycles. The zero-order valence-corrected chi connectivity index (χ0v) is 10.8. The molecule has 0 aliphatic heterocycles. The van der Waals surface area contributed by atoms with E-state index in [0.29, 0.717) is 5.82 Å². The predicted octanol–water partition coefficient (Wildman–Crippen LogP) is 1.63. The molecule has 0 radical (unpaired) electrons. The Morgan fingerprint density at radius 3 is 2.76 bits per heavy atom. The summed E-state index contributed by atoms with van der Waals surface area (Å²) < 4.78 is 0.980. The number of hydrogen-bond donors (Lipinski definition) is 2. The Labute approximate surface area is 110 Å². The number of halogens is 1. The minimum absolute atomic E-state index is 0.206. The smallest absolute Gasteiger partial charge is 0.273 e. The maximum absolute atomic E-state index is 11.7. The third kappa shape index (κ3) is 3.13. The molecule has 0 aromatic carbocycles. The van der Waals surface area contributed by atoms with Gasteiger partial charge in [0.2, 0.25) is 5.56 Å². The van der Waals surface area contributed by atoms with E-state index in [2.05, 4.69) is 37.9 Å². The van der Waals surface area contributed by atoms with Crippen LogP contribution in [0.4, 0.5) is 5.82 Å². The summed E-state index contributed by atoms with van der Waals surface area (Å²) in [6.45, 7) is 0. The molecule has 2 aromatic rings. The van der Waals surface area contributed by atoms with Crippen LogP contribution >= 0.6 is 22.6 Å². The maximum atomic E-state index is 11.7. The molecule has 5 nitrogen and oxygen atoms in total. The summed E-state index contributed by atoms with van der Waals surface area (Å²) in [5.41, 5.74) is -0.105. The summed E-state index contributed by atoms with van der Waals surface area (Å²) in [4.78, 5) is 29.2. The fourth-order valence-electron chi connectivity index (χ4n) is 1.21. The van der Waals surface area contributed by atoms with E-state index in [1.165, 1.54) is 18.2 Å². The van der Waals surface area contributed by atoms with Gasteiger partial charge in [0.15, 0.2) is 0 Å². The van der Waals surface area contributed by atoms with Gasteiger partial charge >= 0.3 is 0 Å². The molecule has 6 heteroatoms. The molecule has 86 valence electrons. The standard InChI is InChI=1S/C11H8IN3O2/c12-7-4-5-9(13-6-7)15-11(17)8-2-1-3-10(16)14-8/h1-6H,(H,14,16)(H,13,15,17). The molecule has 2 N–H and O–H groups in total. The molecule has 0 aliphatic carbocycles. The van der Waals surface area contributed by atoms with Crippen molar-refractivity contribution >= 4 is 34.3 Å². The van der Waals surface area contributed by atoms with Crippen LogP contribution in [0.1, 0.15) is 10.5 Å². The zero-order valence-electron chi connectivity index (χ0n) is 8.61. The molecule has 0 spiro atoms. The van der Waals surface area contributed by atoms with Gasteiger partial charge in [-0.3, -0.25) is 9.59 Å². The second-order valence-electron chi connectivity index (χ2n) is 3.24. The van der Waals surface area contributed by atoms with Crippen LogP contribution in [0.15, 0.2) is 41.3 Å². The molecule has 0 fully saturated rings. The molecule has 0 saturated heterocycles. The molecule has 2 rings (SSSR count). The molecule has 0 unspecified atom stereocenters. The van der Waals surface area contributed by atoms with E-state index in [1.807, 2.05) is 6.07 Å². The van der Waals surface area contributed by atoms with E-state index in [9.17, 15) is 9.59 Å². The van der Waals surface area contributed by atoms with Crippen molar-refractivity contribution in [1.82, 2.24) is 9.97 Å². The molecule has 0 saturated carbocycles. The minimum Gasteiger partial charge on any atom is -0.318 e. The van der Waals surface area contributed by atoms with Crippen LogP contribution in [-0.4, -0.2) is 15.9 Å². The summed E-state index contributed by atoms with van der Waals surface area (Å²) in [5.74, 6) is 0.0523. The summed E-state index contributed by atoms with van der Waals surface area (Å²) in [5, 5.41) is 2.59. The summed E-state index contributed by atoms with van der Waals surface area (Å²) in [6.07, 6.45) is 1.64. The molecule has 0 aliphatic rings. The highest BCUT2D eigenvalue weighted by Crippen LogP contribution is 2.07. The van der Waals surface area contributed by atoms with Crippen molar-refractivity contribution in [3.8, 4) is 0 Å². The third-order valence-electron chi connectivity index (χ3n) is 1.98. The van der Waals surface area contributed by atoms with E-state index in [-0.39, 0.29) is 11.3 Å². The molecule has 0 bridgehead atoms. The summed E-state index contributed by atoms with van der Waals surface area (Å²) >= 11 is 2.12. The van der Waals surface area contributed by atoms with Crippen molar-refractivity contribution in [2.24, 2.45) is 0 Å². The maximum Gasteiger partial charge on any atom is 0.273 e. The van der Waals surface area contributed by atoms with E-state index >= 15 is 0 Å². The highest BCUT2D eigenvalue weighted by molar-refractivity contribution is 14.1. The Balaban J connectivity index is 2.17. The van der Waals surface area contributed by atoms with Gasteiger partial charge in [0.25, 0.3) is 5.91 Å². The number of aromatic nitrogens is 2. The van der Waals surface area contributed by atoms with Gasteiger partial charge in [-0.2, -0.15) is 0 Å². The van der Waals surface area contributed by atoms with Crippen LogP contribution in [0.25, 0.3) is 0 Å². The third-order valence-corrected chi connectivity index (χ3v) is 2.62. The molecule has 2 aromatic heterocycles. The average molecular weight is 341 g/mol. The summed E-state index contributed by atoms with van der Waals surface area (Å²) in [7, 11) is 0. The van der Waals surface area contributed by atoms with Crippen LogP contribution in [0.5, 0.6) is 0 Å². The first-order valence-electron chi connectivity index (χ1n) is 4.77. The fourth-order valence-corrected chi connectivity index (χ4v) is 1.53. The van der Waals surface area contributed by atoms with Crippen LogP contribution in [0.3, 0.4) is 0 Å². The first-order chi connectivity index (χ1) is 8.15. The molecule has 17 heavy (non-hydrogen) atoms. The quantitative estimate of drug-likeness (QED) is 0.816. The second kappa shape index (κ2) is 5.09. The van der Waals surface area contributed by atoms with E-state index in [4.69, 9.17) is 0 Å². The number of rotatable bonds is 2. The number of carbonyl (C=O) groups is 1. The van der Waals surface area contributed by atoms with Crippen molar-refractivity contribution in [2.75, 3.05) is 5.32 Å². The SMILES string of the molecule is O=C(Nc1ccc(I)cn1)c1cccc(=O)[nH]1. The lowest BCUT2D eigenvalue weighted by Gasteiger charge is -2.03. The number of nitrogens with one attached hydrogen (secondary N) is 2. The predicted molar refractivity (Wildman–Crippen MR) is 72.0 cm³/mol. The number of nitrogens with zero attached hydrogens (tertiary/aromatic N) is 1. The normalized spacial score (nSPS) is 9.94. The van der Waals surface area contributed by atoms with Gasteiger partial charge in [-0.1, -0.05) is 6.07 Å². The largest absolute Gasteiger partial charge is 0.318 e. The molecule has 0 atom stereocenters. The minimum atomic E-state index is -0.392. The molecular weight excluding hydrogens is 333 g/mol. The first kappa shape index (κ1) is 11.8. The summed E-state index contributed by atoms with van der Waals surface area (Å²) in [6, 6.07) is 7.93. The second-order valence-corrected chi connectivity index (χ2v) is 4.49. The number of amides is 1. The van der Waals surface area contributed by atoms with Crippen molar-refractivity contribution in [2.45, 2.75) is 0 Å². The van der Waals surface area contributed by atoms with Gasteiger partial charge in [0.1, 0.15) is 11.5 Å². The lowest BCUT2D eigenvalue weighted by Crippen LogP contribution is -2.18. The van der Waals surface area contributed by atoms with Gasteiger partial charge in [-0.05, 0) is 40.8 Å². The lowest BCUT2D eigenvalue weighted by molar-refractivity contribution is 0.102. The highest BCUT2D eigenvalue weighted by Gasteiger charge is 2.06. The monoisotopic (exact) mass is 341 g/mol. The number of hydrogen-bond acceptors (Lipinski definition) is 3. The molecular formula is C11H8IN3O2. The van der Waals surface area contributed by atoms with Gasteiger partial charge in [0, 0.05) is 15.8 Å². The van der Waals surface area contributed by atoms with Crippen molar-refractivity contribution < 1.29 is 4.79 Å².